The SMILES string of the molecule is Cc1cccnc1NC(=O)c1cccnc1Cl. The van der Waals surface area contributed by atoms with Gasteiger partial charge in [0, 0.05) is 12.4 Å². The van der Waals surface area contributed by atoms with Crippen LogP contribution >= 0.6 is 11.6 Å². The second-order valence-electron chi connectivity index (χ2n) is 3.46. The monoisotopic (exact) mass is 247 g/mol. The summed E-state index contributed by atoms with van der Waals surface area (Å²) in [5, 5.41) is 2.87. The molecule has 17 heavy (non-hydrogen) atoms. The maximum atomic E-state index is 11.9. The summed E-state index contributed by atoms with van der Waals surface area (Å²) < 4.78 is 0. The number of rotatable bonds is 2. The van der Waals surface area contributed by atoms with Gasteiger partial charge in [-0.25, -0.2) is 9.97 Å². The third-order valence-corrected chi connectivity index (χ3v) is 2.55. The first-order chi connectivity index (χ1) is 8.18. The molecule has 0 radical (unpaired) electrons. The van der Waals surface area contributed by atoms with Gasteiger partial charge in [-0.05, 0) is 30.7 Å². The number of anilines is 1. The maximum Gasteiger partial charge on any atom is 0.259 e. The third kappa shape index (κ3) is 2.60. The number of pyridine rings is 2. The van der Waals surface area contributed by atoms with E-state index in [-0.39, 0.29) is 11.1 Å². The van der Waals surface area contributed by atoms with E-state index < -0.39 is 0 Å². The van der Waals surface area contributed by atoms with Crippen LogP contribution in [0.4, 0.5) is 5.82 Å². The lowest BCUT2D eigenvalue weighted by Gasteiger charge is -2.07. The van der Waals surface area contributed by atoms with Gasteiger partial charge in [0.2, 0.25) is 0 Å². The van der Waals surface area contributed by atoms with Crippen LogP contribution in [0.5, 0.6) is 0 Å². The molecule has 2 rings (SSSR count). The van der Waals surface area contributed by atoms with E-state index in [4.69, 9.17) is 11.6 Å². The first kappa shape index (κ1) is 11.5. The number of aryl methyl sites for hydroxylation is 1. The lowest BCUT2D eigenvalue weighted by atomic mass is 10.2. The molecule has 2 aromatic heterocycles. The van der Waals surface area contributed by atoms with Crippen molar-refractivity contribution in [2.45, 2.75) is 6.92 Å². The summed E-state index contributed by atoms with van der Waals surface area (Å²) >= 11 is 5.83. The van der Waals surface area contributed by atoms with Gasteiger partial charge in [0.15, 0.2) is 0 Å². The Bertz CT molecular complexity index is 557. The number of nitrogens with zero attached hydrogens (tertiary/aromatic N) is 2. The second-order valence-corrected chi connectivity index (χ2v) is 3.82. The molecule has 86 valence electrons. The molecule has 0 spiro atoms. The van der Waals surface area contributed by atoms with E-state index in [1.165, 1.54) is 6.20 Å². The van der Waals surface area contributed by atoms with E-state index in [0.717, 1.165) is 5.56 Å². The first-order valence-electron chi connectivity index (χ1n) is 5.02. The highest BCUT2D eigenvalue weighted by Gasteiger charge is 2.12. The minimum absolute atomic E-state index is 0.179. The minimum atomic E-state index is -0.315. The molecule has 2 heterocycles. The molecule has 0 unspecified atom stereocenters. The van der Waals surface area contributed by atoms with Gasteiger partial charge in [-0.2, -0.15) is 0 Å². The van der Waals surface area contributed by atoms with Crippen LogP contribution in [0.1, 0.15) is 15.9 Å². The Morgan fingerprint density at radius 1 is 1.24 bits per heavy atom. The molecule has 1 amide bonds. The lowest BCUT2D eigenvalue weighted by molar-refractivity contribution is 0.102. The van der Waals surface area contributed by atoms with Crippen LogP contribution in [0.15, 0.2) is 36.7 Å². The lowest BCUT2D eigenvalue weighted by Crippen LogP contribution is -2.14. The number of halogens is 1. The summed E-state index contributed by atoms with van der Waals surface area (Å²) in [6.07, 6.45) is 3.15. The Labute approximate surface area is 104 Å². The molecule has 0 saturated carbocycles. The molecule has 0 bridgehead atoms. The predicted molar refractivity (Wildman–Crippen MR) is 66.2 cm³/mol. The van der Waals surface area contributed by atoms with Crippen molar-refractivity contribution in [3.8, 4) is 0 Å². The summed E-state index contributed by atoms with van der Waals surface area (Å²) in [5.74, 6) is 0.210. The van der Waals surface area contributed by atoms with Crippen molar-refractivity contribution in [2.75, 3.05) is 5.32 Å². The average Bonchev–Trinajstić information content (AvgIpc) is 2.32. The van der Waals surface area contributed by atoms with Gasteiger partial charge in [0.05, 0.1) is 5.56 Å². The standard InChI is InChI=1S/C12H10ClN3O/c1-8-4-2-7-15-11(8)16-12(17)9-5-3-6-14-10(9)13/h2-7H,1H3,(H,15,16,17). The summed E-state index contributed by atoms with van der Waals surface area (Å²) in [7, 11) is 0. The molecule has 0 fully saturated rings. The van der Waals surface area contributed by atoms with Crippen molar-refractivity contribution >= 4 is 23.3 Å². The molecule has 0 aromatic carbocycles. The summed E-state index contributed by atoms with van der Waals surface area (Å²) in [4.78, 5) is 19.8. The Kier molecular flexibility index (Phi) is 3.35. The predicted octanol–water partition coefficient (Wildman–Crippen LogP) is 2.69. The Morgan fingerprint density at radius 2 is 1.94 bits per heavy atom. The van der Waals surface area contributed by atoms with E-state index in [1.807, 2.05) is 19.1 Å². The first-order valence-corrected chi connectivity index (χ1v) is 5.40. The summed E-state index contributed by atoms with van der Waals surface area (Å²) in [6, 6.07) is 6.95. The van der Waals surface area contributed by atoms with Crippen molar-refractivity contribution in [1.82, 2.24) is 9.97 Å². The maximum absolute atomic E-state index is 11.9. The van der Waals surface area contributed by atoms with Crippen LogP contribution in [0.3, 0.4) is 0 Å². The van der Waals surface area contributed by atoms with Gasteiger partial charge in [-0.15, -0.1) is 0 Å². The van der Waals surface area contributed by atoms with Crippen molar-refractivity contribution in [3.63, 3.8) is 0 Å². The molecule has 0 atom stereocenters. The number of aromatic nitrogens is 2. The van der Waals surface area contributed by atoms with Gasteiger partial charge in [-0.3, -0.25) is 4.79 Å². The fourth-order valence-corrected chi connectivity index (χ4v) is 1.55. The van der Waals surface area contributed by atoms with E-state index in [9.17, 15) is 4.79 Å². The van der Waals surface area contributed by atoms with Crippen molar-refractivity contribution in [3.05, 3.63) is 52.9 Å². The summed E-state index contributed by atoms with van der Waals surface area (Å²) in [6.45, 7) is 1.87. The number of amides is 1. The van der Waals surface area contributed by atoms with Gasteiger partial charge in [0.25, 0.3) is 5.91 Å². The van der Waals surface area contributed by atoms with Crippen molar-refractivity contribution < 1.29 is 4.79 Å². The Balaban J connectivity index is 2.24. The molecule has 4 nitrogen and oxygen atoms in total. The normalized spacial score (nSPS) is 10.0. The molecule has 5 heteroatoms. The number of nitrogens with one attached hydrogen (secondary N) is 1. The van der Waals surface area contributed by atoms with Crippen LogP contribution in [0.25, 0.3) is 0 Å². The quantitative estimate of drug-likeness (QED) is 0.830. The molecule has 0 aliphatic rings. The van der Waals surface area contributed by atoms with Gasteiger partial charge < -0.3 is 5.32 Å². The number of carbonyl (C=O) groups excluding carboxylic acids is 1. The average molecular weight is 248 g/mol. The number of hydrogen-bond acceptors (Lipinski definition) is 3. The van der Waals surface area contributed by atoms with E-state index in [2.05, 4.69) is 15.3 Å². The van der Waals surface area contributed by atoms with Crippen LogP contribution in [-0.4, -0.2) is 15.9 Å². The Hall–Kier alpha value is -1.94. The molecular formula is C12H10ClN3O. The molecule has 2 aromatic rings. The molecule has 1 N–H and O–H groups in total. The highest BCUT2D eigenvalue weighted by Crippen LogP contribution is 2.15. The highest BCUT2D eigenvalue weighted by molar-refractivity contribution is 6.33. The van der Waals surface area contributed by atoms with Crippen molar-refractivity contribution in [1.29, 1.82) is 0 Å². The molecule has 0 aliphatic heterocycles. The third-order valence-electron chi connectivity index (χ3n) is 2.25. The van der Waals surface area contributed by atoms with Gasteiger partial charge in [0.1, 0.15) is 11.0 Å². The number of carbonyl (C=O) groups is 1. The van der Waals surface area contributed by atoms with E-state index in [1.54, 1.807) is 18.3 Å². The van der Waals surface area contributed by atoms with E-state index in [0.29, 0.717) is 11.4 Å². The zero-order valence-electron chi connectivity index (χ0n) is 9.14. The summed E-state index contributed by atoms with van der Waals surface area (Å²) in [5.41, 5.74) is 1.22. The van der Waals surface area contributed by atoms with Crippen LogP contribution in [-0.2, 0) is 0 Å². The zero-order chi connectivity index (χ0) is 12.3. The fraction of sp³-hybridized carbons (Fsp3) is 0.0833. The Morgan fingerprint density at radius 3 is 2.65 bits per heavy atom. The molecular weight excluding hydrogens is 238 g/mol. The van der Waals surface area contributed by atoms with Crippen LogP contribution in [0, 0.1) is 6.92 Å². The zero-order valence-corrected chi connectivity index (χ0v) is 9.90. The van der Waals surface area contributed by atoms with Crippen LogP contribution < -0.4 is 5.32 Å². The number of hydrogen-bond donors (Lipinski definition) is 1. The van der Waals surface area contributed by atoms with Gasteiger partial charge >= 0.3 is 0 Å². The second kappa shape index (κ2) is 4.93. The van der Waals surface area contributed by atoms with Crippen LogP contribution in [0.2, 0.25) is 5.15 Å². The fourth-order valence-electron chi connectivity index (χ4n) is 1.35. The molecule has 0 saturated heterocycles. The smallest absolute Gasteiger partial charge is 0.259 e. The van der Waals surface area contributed by atoms with E-state index >= 15 is 0 Å². The minimum Gasteiger partial charge on any atom is -0.306 e. The topological polar surface area (TPSA) is 54.9 Å². The molecule has 0 aliphatic carbocycles. The highest BCUT2D eigenvalue weighted by atomic mass is 35.5. The van der Waals surface area contributed by atoms with Gasteiger partial charge in [-0.1, -0.05) is 17.7 Å². The van der Waals surface area contributed by atoms with Crippen molar-refractivity contribution in [2.24, 2.45) is 0 Å². The largest absolute Gasteiger partial charge is 0.306 e.